The topological polar surface area (TPSA) is 65.5 Å². The van der Waals surface area contributed by atoms with Crippen LogP contribution >= 0.6 is 0 Å². The fourth-order valence-electron chi connectivity index (χ4n) is 3.21. The minimum Gasteiger partial charge on any atom is -0.352 e. The van der Waals surface area contributed by atoms with Crippen molar-refractivity contribution in [2.75, 3.05) is 11.9 Å². The Labute approximate surface area is 138 Å². The molecule has 3 N–H and O–H groups in total. The van der Waals surface area contributed by atoms with Crippen molar-refractivity contribution in [3.05, 3.63) is 29.8 Å². The van der Waals surface area contributed by atoms with Gasteiger partial charge in [0.25, 0.3) is 0 Å². The first-order valence-corrected chi connectivity index (χ1v) is 8.65. The third kappa shape index (κ3) is 4.47. The molecule has 1 amide bonds. The van der Waals surface area contributed by atoms with E-state index in [9.17, 15) is 4.79 Å². The Bertz CT molecular complexity index is 578. The summed E-state index contributed by atoms with van der Waals surface area (Å²) in [5.74, 6) is 1.21. The number of aliphatic imine (C=N–C) groups is 1. The smallest absolute Gasteiger partial charge is 0.227 e. The minimum absolute atomic E-state index is 0.172. The maximum absolute atomic E-state index is 12.3. The first-order valence-electron chi connectivity index (χ1n) is 8.65. The van der Waals surface area contributed by atoms with Gasteiger partial charge in [0, 0.05) is 24.2 Å². The first-order chi connectivity index (χ1) is 11.2. The van der Waals surface area contributed by atoms with Gasteiger partial charge in [0.05, 0.1) is 6.54 Å². The summed E-state index contributed by atoms with van der Waals surface area (Å²) in [6, 6.07) is 8.44. The van der Waals surface area contributed by atoms with E-state index >= 15 is 0 Å². The van der Waals surface area contributed by atoms with Gasteiger partial charge in [0.1, 0.15) is 0 Å². The Hall–Kier alpha value is -2.04. The van der Waals surface area contributed by atoms with Crippen molar-refractivity contribution < 1.29 is 4.79 Å². The van der Waals surface area contributed by atoms with Gasteiger partial charge in [-0.3, -0.25) is 9.79 Å². The van der Waals surface area contributed by atoms with Gasteiger partial charge in [0.2, 0.25) is 5.91 Å². The van der Waals surface area contributed by atoms with Crippen LogP contribution in [0.15, 0.2) is 29.3 Å². The van der Waals surface area contributed by atoms with E-state index in [4.69, 9.17) is 0 Å². The third-order valence-corrected chi connectivity index (χ3v) is 4.54. The fraction of sp³-hybridized carbons (Fsp3) is 0.556. The molecule has 1 aromatic rings. The standard InChI is InChI=1S/C18H26N4O/c1-13-11-19-18(21-13)20-12-14-6-5-9-16(10-14)22-17(23)15-7-3-2-4-8-15/h5-6,9-10,13,15H,2-4,7-8,11-12H2,1H3,(H,22,23)(H2,19,20,21). The Morgan fingerprint density at radius 1 is 1.30 bits per heavy atom. The van der Waals surface area contributed by atoms with Crippen molar-refractivity contribution >= 4 is 17.6 Å². The molecule has 1 fully saturated rings. The van der Waals surface area contributed by atoms with Gasteiger partial charge in [0.15, 0.2) is 5.96 Å². The molecule has 1 heterocycles. The molecule has 1 saturated carbocycles. The average Bonchev–Trinajstić information content (AvgIpc) is 3.00. The van der Waals surface area contributed by atoms with Crippen LogP contribution in [0.5, 0.6) is 0 Å². The minimum atomic E-state index is 0.172. The molecule has 1 atom stereocenters. The van der Waals surface area contributed by atoms with Gasteiger partial charge in [-0.25, -0.2) is 0 Å². The van der Waals surface area contributed by atoms with Crippen molar-refractivity contribution in [1.82, 2.24) is 10.6 Å². The molecule has 0 saturated heterocycles. The third-order valence-electron chi connectivity index (χ3n) is 4.54. The average molecular weight is 314 g/mol. The van der Waals surface area contributed by atoms with E-state index in [1.807, 2.05) is 18.2 Å². The summed E-state index contributed by atoms with van der Waals surface area (Å²) in [7, 11) is 0. The highest BCUT2D eigenvalue weighted by atomic mass is 16.1. The number of carbonyl (C=O) groups excluding carboxylic acids is 1. The summed E-state index contributed by atoms with van der Waals surface area (Å²) < 4.78 is 0. The molecule has 5 nitrogen and oxygen atoms in total. The SMILES string of the molecule is CC1CN=C(NCc2cccc(NC(=O)C3CCCCC3)c2)N1. The predicted octanol–water partition coefficient (Wildman–Crippen LogP) is 2.64. The summed E-state index contributed by atoms with van der Waals surface area (Å²) in [4.78, 5) is 16.7. The van der Waals surface area contributed by atoms with E-state index < -0.39 is 0 Å². The fourth-order valence-corrected chi connectivity index (χ4v) is 3.21. The maximum Gasteiger partial charge on any atom is 0.227 e. The number of nitrogens with zero attached hydrogens (tertiary/aromatic N) is 1. The highest BCUT2D eigenvalue weighted by Crippen LogP contribution is 2.25. The maximum atomic E-state index is 12.3. The van der Waals surface area contributed by atoms with E-state index in [0.717, 1.165) is 36.6 Å². The number of hydrogen-bond acceptors (Lipinski definition) is 4. The molecular weight excluding hydrogens is 288 g/mol. The lowest BCUT2D eigenvalue weighted by Gasteiger charge is -2.21. The number of nitrogens with one attached hydrogen (secondary N) is 3. The van der Waals surface area contributed by atoms with Crippen LogP contribution in [-0.2, 0) is 11.3 Å². The van der Waals surface area contributed by atoms with E-state index in [0.29, 0.717) is 12.6 Å². The highest BCUT2D eigenvalue weighted by molar-refractivity contribution is 5.92. The lowest BCUT2D eigenvalue weighted by Crippen LogP contribution is -2.37. The van der Waals surface area contributed by atoms with E-state index in [1.165, 1.54) is 19.3 Å². The number of hydrogen-bond donors (Lipinski definition) is 3. The van der Waals surface area contributed by atoms with Crippen LogP contribution in [0, 0.1) is 5.92 Å². The Morgan fingerprint density at radius 2 is 2.13 bits per heavy atom. The number of rotatable bonds is 4. The normalized spacial score (nSPS) is 21.4. The van der Waals surface area contributed by atoms with Gasteiger partial charge < -0.3 is 16.0 Å². The molecule has 3 rings (SSSR count). The quantitative estimate of drug-likeness (QED) is 0.800. The van der Waals surface area contributed by atoms with Crippen LogP contribution in [0.1, 0.15) is 44.6 Å². The van der Waals surface area contributed by atoms with Crippen molar-refractivity contribution in [3.8, 4) is 0 Å². The molecule has 1 unspecified atom stereocenters. The lowest BCUT2D eigenvalue weighted by atomic mass is 9.88. The highest BCUT2D eigenvalue weighted by Gasteiger charge is 2.21. The number of guanidine groups is 1. The molecule has 0 radical (unpaired) electrons. The number of carbonyl (C=O) groups is 1. The second-order valence-electron chi connectivity index (χ2n) is 6.61. The van der Waals surface area contributed by atoms with Crippen molar-refractivity contribution in [2.45, 2.75) is 51.6 Å². The van der Waals surface area contributed by atoms with Crippen molar-refractivity contribution in [2.24, 2.45) is 10.9 Å². The monoisotopic (exact) mass is 314 g/mol. The van der Waals surface area contributed by atoms with Crippen molar-refractivity contribution in [3.63, 3.8) is 0 Å². The van der Waals surface area contributed by atoms with Crippen LogP contribution in [0.2, 0.25) is 0 Å². The molecular formula is C18H26N4O. The van der Waals surface area contributed by atoms with Crippen molar-refractivity contribution in [1.29, 1.82) is 0 Å². The lowest BCUT2D eigenvalue weighted by molar-refractivity contribution is -0.120. The number of benzene rings is 1. The largest absolute Gasteiger partial charge is 0.352 e. The first kappa shape index (κ1) is 15.8. The van der Waals surface area contributed by atoms with E-state index in [2.05, 4.69) is 33.9 Å². The zero-order valence-electron chi connectivity index (χ0n) is 13.8. The Kier molecular flexibility index (Phi) is 5.16. The van der Waals surface area contributed by atoms with Crippen LogP contribution in [0.3, 0.4) is 0 Å². The van der Waals surface area contributed by atoms with Gasteiger partial charge in [-0.1, -0.05) is 31.4 Å². The number of amides is 1. The van der Waals surface area contributed by atoms with Gasteiger partial charge in [-0.15, -0.1) is 0 Å². The molecule has 1 aliphatic heterocycles. The summed E-state index contributed by atoms with van der Waals surface area (Å²) in [6.07, 6.45) is 5.67. The molecule has 5 heteroatoms. The van der Waals surface area contributed by atoms with E-state index in [-0.39, 0.29) is 11.8 Å². The zero-order chi connectivity index (χ0) is 16.1. The van der Waals surface area contributed by atoms with Gasteiger partial charge in [-0.2, -0.15) is 0 Å². The summed E-state index contributed by atoms with van der Waals surface area (Å²) in [6.45, 7) is 3.63. The Morgan fingerprint density at radius 3 is 2.87 bits per heavy atom. The molecule has 0 aromatic heterocycles. The molecule has 23 heavy (non-hydrogen) atoms. The zero-order valence-corrected chi connectivity index (χ0v) is 13.8. The van der Waals surface area contributed by atoms with Gasteiger partial charge in [-0.05, 0) is 37.5 Å². The van der Waals surface area contributed by atoms with E-state index in [1.54, 1.807) is 0 Å². The second-order valence-corrected chi connectivity index (χ2v) is 6.61. The molecule has 124 valence electrons. The van der Waals surface area contributed by atoms with Crippen LogP contribution < -0.4 is 16.0 Å². The van der Waals surface area contributed by atoms with Crippen LogP contribution in [0.4, 0.5) is 5.69 Å². The summed E-state index contributed by atoms with van der Waals surface area (Å²) in [5.41, 5.74) is 2.02. The second kappa shape index (κ2) is 7.49. The molecule has 1 aromatic carbocycles. The van der Waals surface area contributed by atoms with Crippen LogP contribution in [0.25, 0.3) is 0 Å². The predicted molar refractivity (Wildman–Crippen MR) is 93.4 cm³/mol. The molecule has 0 spiro atoms. The summed E-state index contributed by atoms with van der Waals surface area (Å²) in [5, 5.41) is 9.66. The Balaban J connectivity index is 1.53. The molecule has 0 bridgehead atoms. The van der Waals surface area contributed by atoms with Crippen LogP contribution in [-0.4, -0.2) is 24.5 Å². The van der Waals surface area contributed by atoms with Gasteiger partial charge >= 0.3 is 0 Å². The molecule has 2 aliphatic rings. The number of anilines is 1. The molecule has 1 aliphatic carbocycles. The summed E-state index contributed by atoms with van der Waals surface area (Å²) >= 11 is 0.